The van der Waals surface area contributed by atoms with Crippen molar-refractivity contribution in [2.24, 2.45) is 0 Å². The average molecular weight is 286 g/mol. The molecule has 0 spiro atoms. The highest BCUT2D eigenvalue weighted by Crippen LogP contribution is 2.20. The lowest BCUT2D eigenvalue weighted by Crippen LogP contribution is -2.17. The van der Waals surface area contributed by atoms with Gasteiger partial charge in [-0.15, -0.1) is 0 Å². The molecule has 3 rings (SSSR count). The number of benzene rings is 1. The van der Waals surface area contributed by atoms with Crippen molar-refractivity contribution in [2.75, 3.05) is 13.7 Å². The molecule has 7 nitrogen and oxygen atoms in total. The van der Waals surface area contributed by atoms with Crippen molar-refractivity contribution >= 4 is 11.0 Å². The maximum Gasteiger partial charge on any atom is 0.229 e. The third-order valence-corrected chi connectivity index (χ3v) is 2.96. The predicted molar refractivity (Wildman–Crippen MR) is 74.4 cm³/mol. The Morgan fingerprint density at radius 3 is 2.86 bits per heavy atom. The molecule has 1 N–H and O–H groups in total. The zero-order valence-electron chi connectivity index (χ0n) is 11.4. The topological polar surface area (TPSA) is 94.2 Å². The van der Waals surface area contributed by atoms with Gasteiger partial charge in [-0.1, -0.05) is 5.16 Å². The molecule has 0 fully saturated rings. The fourth-order valence-corrected chi connectivity index (χ4v) is 2.01. The predicted octanol–water partition coefficient (Wildman–Crippen LogP) is 1.23. The van der Waals surface area contributed by atoms with Crippen molar-refractivity contribution < 1.29 is 14.4 Å². The van der Waals surface area contributed by atoms with E-state index in [9.17, 15) is 5.11 Å². The van der Waals surface area contributed by atoms with Crippen molar-refractivity contribution in [3.05, 3.63) is 36.5 Å². The van der Waals surface area contributed by atoms with E-state index in [1.54, 1.807) is 12.4 Å². The Balaban J connectivity index is 1.84. The Kier molecular flexibility index (Phi) is 3.85. The number of aliphatic hydroxyl groups excluding tert-OH is 1. The fraction of sp³-hybridized carbons (Fsp3) is 0.286. The smallest absolute Gasteiger partial charge is 0.229 e. The van der Waals surface area contributed by atoms with Gasteiger partial charge >= 0.3 is 0 Å². The minimum Gasteiger partial charge on any atom is -0.390 e. The summed E-state index contributed by atoms with van der Waals surface area (Å²) in [6, 6.07) is 5.56. The largest absolute Gasteiger partial charge is 0.390 e. The molecule has 7 heteroatoms. The van der Waals surface area contributed by atoms with Crippen LogP contribution in [0.15, 0.2) is 35.1 Å². The molecule has 21 heavy (non-hydrogen) atoms. The quantitative estimate of drug-likeness (QED) is 0.753. The van der Waals surface area contributed by atoms with Crippen molar-refractivity contribution in [2.45, 2.75) is 12.5 Å². The van der Waals surface area contributed by atoms with Gasteiger partial charge in [-0.25, -0.2) is 0 Å². The van der Waals surface area contributed by atoms with Crippen LogP contribution in [0.1, 0.15) is 5.89 Å². The third kappa shape index (κ3) is 3.04. The molecular formula is C14H14N4O3. The molecule has 1 atom stereocenters. The molecule has 1 aromatic carbocycles. The summed E-state index contributed by atoms with van der Waals surface area (Å²) >= 11 is 0. The lowest BCUT2D eigenvalue weighted by molar-refractivity contribution is 0.0599. The summed E-state index contributed by atoms with van der Waals surface area (Å²) in [5, 5.41) is 13.6. The summed E-state index contributed by atoms with van der Waals surface area (Å²) in [5.74, 6) is 0.830. The molecule has 0 amide bonds. The molecule has 0 bridgehead atoms. The van der Waals surface area contributed by atoms with Gasteiger partial charge in [0.1, 0.15) is 0 Å². The maximum atomic E-state index is 9.65. The number of hydrogen-bond acceptors (Lipinski definition) is 7. The van der Waals surface area contributed by atoms with Crippen LogP contribution in [0, 0.1) is 0 Å². The van der Waals surface area contributed by atoms with Gasteiger partial charge in [0.15, 0.2) is 0 Å². The zero-order valence-corrected chi connectivity index (χ0v) is 11.4. The highest BCUT2D eigenvalue weighted by atomic mass is 16.5. The first-order chi connectivity index (χ1) is 10.3. The van der Waals surface area contributed by atoms with E-state index in [2.05, 4.69) is 20.1 Å². The van der Waals surface area contributed by atoms with Crippen LogP contribution in [-0.2, 0) is 11.2 Å². The van der Waals surface area contributed by atoms with E-state index in [0.29, 0.717) is 11.7 Å². The summed E-state index contributed by atoms with van der Waals surface area (Å²) in [6.45, 7) is 0.225. The van der Waals surface area contributed by atoms with E-state index in [4.69, 9.17) is 9.26 Å². The highest BCUT2D eigenvalue weighted by Gasteiger charge is 2.13. The second-order valence-corrected chi connectivity index (χ2v) is 4.58. The van der Waals surface area contributed by atoms with Crippen molar-refractivity contribution in [1.29, 1.82) is 0 Å². The number of nitrogens with zero attached hydrogens (tertiary/aromatic N) is 4. The molecule has 1 unspecified atom stereocenters. The molecule has 2 aromatic heterocycles. The van der Waals surface area contributed by atoms with Gasteiger partial charge in [0, 0.05) is 25.1 Å². The number of rotatable bonds is 5. The Labute approximate surface area is 120 Å². The molecule has 0 saturated heterocycles. The van der Waals surface area contributed by atoms with Gasteiger partial charge in [-0.2, -0.15) is 4.98 Å². The SMILES string of the molecule is COCC(O)Cc1nc(-c2ccc3nccnc3c2)no1. The van der Waals surface area contributed by atoms with Gasteiger partial charge in [0.2, 0.25) is 11.7 Å². The summed E-state index contributed by atoms with van der Waals surface area (Å²) in [4.78, 5) is 12.7. The second kappa shape index (κ2) is 5.94. The Hall–Kier alpha value is -2.38. The number of aliphatic hydroxyl groups is 1. The van der Waals surface area contributed by atoms with E-state index >= 15 is 0 Å². The molecule has 0 aliphatic carbocycles. The van der Waals surface area contributed by atoms with E-state index in [0.717, 1.165) is 16.6 Å². The number of fused-ring (bicyclic) bond motifs is 1. The van der Waals surface area contributed by atoms with Crippen LogP contribution in [0.25, 0.3) is 22.4 Å². The Morgan fingerprint density at radius 1 is 1.24 bits per heavy atom. The van der Waals surface area contributed by atoms with Crippen LogP contribution in [-0.4, -0.2) is 45.0 Å². The van der Waals surface area contributed by atoms with E-state index in [1.807, 2.05) is 18.2 Å². The van der Waals surface area contributed by atoms with Gasteiger partial charge in [-0.3, -0.25) is 9.97 Å². The summed E-state index contributed by atoms with van der Waals surface area (Å²) in [5.41, 5.74) is 2.36. The summed E-state index contributed by atoms with van der Waals surface area (Å²) < 4.78 is 10.00. The molecule has 108 valence electrons. The summed E-state index contributed by atoms with van der Waals surface area (Å²) in [6.07, 6.45) is 2.88. The van der Waals surface area contributed by atoms with Crippen LogP contribution in [0.5, 0.6) is 0 Å². The van der Waals surface area contributed by atoms with E-state index in [1.165, 1.54) is 7.11 Å². The van der Waals surface area contributed by atoms with Gasteiger partial charge in [0.25, 0.3) is 0 Å². The molecule has 0 aliphatic rings. The average Bonchev–Trinajstić information content (AvgIpc) is 2.95. The minimum atomic E-state index is -0.661. The monoisotopic (exact) mass is 286 g/mol. The third-order valence-electron chi connectivity index (χ3n) is 2.96. The molecular weight excluding hydrogens is 272 g/mol. The van der Waals surface area contributed by atoms with Crippen LogP contribution < -0.4 is 0 Å². The van der Waals surface area contributed by atoms with Crippen LogP contribution in [0.2, 0.25) is 0 Å². The molecule has 2 heterocycles. The molecule has 0 saturated carbocycles. The lowest BCUT2D eigenvalue weighted by atomic mass is 10.2. The molecule has 0 radical (unpaired) electrons. The van der Waals surface area contributed by atoms with Crippen molar-refractivity contribution in [1.82, 2.24) is 20.1 Å². The van der Waals surface area contributed by atoms with Crippen LogP contribution >= 0.6 is 0 Å². The first-order valence-corrected chi connectivity index (χ1v) is 6.47. The first kappa shape index (κ1) is 13.6. The minimum absolute atomic E-state index is 0.225. The lowest BCUT2D eigenvalue weighted by Gasteiger charge is -2.04. The van der Waals surface area contributed by atoms with Gasteiger partial charge < -0.3 is 14.4 Å². The van der Waals surface area contributed by atoms with Crippen molar-refractivity contribution in [3.63, 3.8) is 0 Å². The zero-order chi connectivity index (χ0) is 14.7. The normalized spacial score (nSPS) is 12.7. The molecule has 3 aromatic rings. The van der Waals surface area contributed by atoms with Gasteiger partial charge in [0.05, 0.1) is 30.2 Å². The number of ether oxygens (including phenoxy) is 1. The molecule has 0 aliphatic heterocycles. The van der Waals surface area contributed by atoms with Crippen LogP contribution in [0.4, 0.5) is 0 Å². The number of methoxy groups -OCH3 is 1. The fourth-order valence-electron chi connectivity index (χ4n) is 2.01. The highest BCUT2D eigenvalue weighted by molar-refractivity contribution is 5.79. The second-order valence-electron chi connectivity index (χ2n) is 4.58. The Morgan fingerprint density at radius 2 is 2.05 bits per heavy atom. The Bertz CT molecular complexity index is 744. The summed E-state index contributed by atoms with van der Waals surface area (Å²) in [7, 11) is 1.53. The first-order valence-electron chi connectivity index (χ1n) is 6.47. The van der Waals surface area contributed by atoms with Crippen molar-refractivity contribution in [3.8, 4) is 11.4 Å². The van der Waals surface area contributed by atoms with E-state index in [-0.39, 0.29) is 13.0 Å². The van der Waals surface area contributed by atoms with Crippen LogP contribution in [0.3, 0.4) is 0 Å². The van der Waals surface area contributed by atoms with E-state index < -0.39 is 6.10 Å². The standard InChI is InChI=1S/C14H14N4O3/c1-20-8-10(19)7-13-17-14(18-21-13)9-2-3-11-12(6-9)16-5-4-15-11/h2-6,10,19H,7-8H2,1H3. The maximum absolute atomic E-state index is 9.65. The number of aromatic nitrogens is 4. The number of hydrogen-bond donors (Lipinski definition) is 1. The van der Waals surface area contributed by atoms with Gasteiger partial charge in [-0.05, 0) is 18.2 Å².